The molecule has 14 heavy (non-hydrogen) atoms. The molecule has 0 radical (unpaired) electrons. The second-order valence-electron chi connectivity index (χ2n) is 3.08. The highest BCUT2D eigenvalue weighted by molar-refractivity contribution is 6.32. The summed E-state index contributed by atoms with van der Waals surface area (Å²) in [5.74, 6) is 0.699. The molecule has 0 aromatic heterocycles. The van der Waals surface area contributed by atoms with Gasteiger partial charge in [0.25, 0.3) is 0 Å². The Hall–Kier alpha value is -0.730. The second kappa shape index (κ2) is 5.23. The van der Waals surface area contributed by atoms with Crippen molar-refractivity contribution in [1.82, 2.24) is 0 Å². The standard InChI is InChI=1S/C11H15ClO2/c1-3-8-7-11(14-2)10(12)6-9(8)4-5-13/h6-7,13H,3-5H2,1-2H3. The van der Waals surface area contributed by atoms with Gasteiger partial charge in [0.05, 0.1) is 12.1 Å². The minimum absolute atomic E-state index is 0.148. The quantitative estimate of drug-likeness (QED) is 0.835. The summed E-state index contributed by atoms with van der Waals surface area (Å²) in [5, 5.41) is 9.49. The summed E-state index contributed by atoms with van der Waals surface area (Å²) in [4.78, 5) is 0. The van der Waals surface area contributed by atoms with Crippen molar-refractivity contribution in [2.75, 3.05) is 13.7 Å². The molecular weight excluding hydrogens is 200 g/mol. The number of aryl methyl sites for hydroxylation is 1. The highest BCUT2D eigenvalue weighted by atomic mass is 35.5. The monoisotopic (exact) mass is 214 g/mol. The average molecular weight is 215 g/mol. The van der Waals surface area contributed by atoms with E-state index in [0.717, 1.165) is 12.0 Å². The van der Waals surface area contributed by atoms with Gasteiger partial charge in [-0.3, -0.25) is 0 Å². The molecule has 1 N–H and O–H groups in total. The molecule has 0 fully saturated rings. The minimum Gasteiger partial charge on any atom is -0.495 e. The van der Waals surface area contributed by atoms with Crippen LogP contribution in [0.1, 0.15) is 18.1 Å². The summed E-state index contributed by atoms with van der Waals surface area (Å²) in [6.45, 7) is 2.22. The number of benzene rings is 1. The van der Waals surface area contributed by atoms with Crippen LogP contribution in [-0.4, -0.2) is 18.8 Å². The van der Waals surface area contributed by atoms with Gasteiger partial charge < -0.3 is 9.84 Å². The molecule has 0 unspecified atom stereocenters. The van der Waals surface area contributed by atoms with Gasteiger partial charge in [-0.25, -0.2) is 0 Å². The predicted octanol–water partition coefficient (Wildman–Crippen LogP) is 2.45. The molecule has 0 spiro atoms. The highest BCUT2D eigenvalue weighted by Crippen LogP contribution is 2.28. The zero-order valence-corrected chi connectivity index (χ0v) is 9.27. The van der Waals surface area contributed by atoms with Gasteiger partial charge in [0.2, 0.25) is 0 Å². The van der Waals surface area contributed by atoms with Crippen molar-refractivity contribution < 1.29 is 9.84 Å². The van der Waals surface area contributed by atoms with Crippen LogP contribution >= 0.6 is 11.6 Å². The largest absolute Gasteiger partial charge is 0.495 e. The smallest absolute Gasteiger partial charge is 0.137 e. The molecule has 3 heteroatoms. The molecule has 0 amide bonds. The molecule has 78 valence electrons. The molecule has 0 bridgehead atoms. The molecule has 1 rings (SSSR count). The van der Waals surface area contributed by atoms with Crippen molar-refractivity contribution >= 4 is 11.6 Å². The maximum atomic E-state index is 8.88. The fraction of sp³-hybridized carbons (Fsp3) is 0.455. The van der Waals surface area contributed by atoms with Crippen LogP contribution < -0.4 is 4.74 Å². The fourth-order valence-corrected chi connectivity index (χ4v) is 1.74. The Labute approximate surface area is 89.5 Å². The third kappa shape index (κ3) is 2.40. The zero-order valence-electron chi connectivity index (χ0n) is 8.51. The lowest BCUT2D eigenvalue weighted by atomic mass is 10.0. The molecule has 0 aliphatic heterocycles. The normalized spacial score (nSPS) is 10.3. The lowest BCUT2D eigenvalue weighted by Crippen LogP contribution is -1.98. The summed E-state index contributed by atoms with van der Waals surface area (Å²) < 4.78 is 5.13. The number of aliphatic hydroxyl groups excluding tert-OH is 1. The van der Waals surface area contributed by atoms with E-state index < -0.39 is 0 Å². The molecule has 2 nitrogen and oxygen atoms in total. The van der Waals surface area contributed by atoms with E-state index >= 15 is 0 Å². The van der Waals surface area contributed by atoms with Crippen LogP contribution in [0.2, 0.25) is 5.02 Å². The third-order valence-corrected chi connectivity index (χ3v) is 2.53. The van der Waals surface area contributed by atoms with Gasteiger partial charge in [0.15, 0.2) is 0 Å². The Bertz CT molecular complexity index is 310. The first-order valence-corrected chi connectivity index (χ1v) is 5.06. The van der Waals surface area contributed by atoms with Crippen LogP contribution in [0.3, 0.4) is 0 Å². The summed E-state index contributed by atoms with van der Waals surface area (Å²) >= 11 is 5.99. The lowest BCUT2D eigenvalue weighted by Gasteiger charge is -2.10. The number of ether oxygens (including phenoxy) is 1. The van der Waals surface area contributed by atoms with Gasteiger partial charge in [-0.15, -0.1) is 0 Å². The van der Waals surface area contributed by atoms with Crippen LogP contribution in [0.15, 0.2) is 12.1 Å². The van der Waals surface area contributed by atoms with E-state index in [1.54, 1.807) is 7.11 Å². The molecule has 0 atom stereocenters. The Morgan fingerprint density at radius 3 is 2.57 bits per heavy atom. The van der Waals surface area contributed by atoms with Crippen molar-refractivity contribution in [2.24, 2.45) is 0 Å². The van der Waals surface area contributed by atoms with E-state index in [4.69, 9.17) is 21.4 Å². The SMILES string of the molecule is CCc1cc(OC)c(Cl)cc1CCO. The van der Waals surface area contributed by atoms with Gasteiger partial charge in [-0.2, -0.15) is 0 Å². The summed E-state index contributed by atoms with van der Waals surface area (Å²) in [5.41, 5.74) is 2.28. The second-order valence-corrected chi connectivity index (χ2v) is 3.49. The lowest BCUT2D eigenvalue weighted by molar-refractivity contribution is 0.299. The van der Waals surface area contributed by atoms with Crippen molar-refractivity contribution in [3.63, 3.8) is 0 Å². The first kappa shape index (κ1) is 11.3. The number of hydrogen-bond donors (Lipinski definition) is 1. The Kier molecular flexibility index (Phi) is 4.23. The predicted molar refractivity (Wildman–Crippen MR) is 58.2 cm³/mol. The van der Waals surface area contributed by atoms with Crippen molar-refractivity contribution in [3.05, 3.63) is 28.3 Å². The number of methoxy groups -OCH3 is 1. The van der Waals surface area contributed by atoms with Gasteiger partial charge in [-0.05, 0) is 36.1 Å². The van der Waals surface area contributed by atoms with E-state index in [1.807, 2.05) is 12.1 Å². The van der Waals surface area contributed by atoms with Crippen molar-refractivity contribution in [3.8, 4) is 5.75 Å². The van der Waals surface area contributed by atoms with E-state index in [9.17, 15) is 0 Å². The molecular formula is C11H15ClO2. The van der Waals surface area contributed by atoms with Gasteiger partial charge in [0, 0.05) is 6.61 Å². The molecule has 0 aliphatic rings. The maximum Gasteiger partial charge on any atom is 0.137 e. The first-order chi connectivity index (χ1) is 6.72. The first-order valence-electron chi connectivity index (χ1n) is 4.69. The van der Waals surface area contributed by atoms with E-state index in [-0.39, 0.29) is 6.61 Å². The van der Waals surface area contributed by atoms with Crippen LogP contribution in [0.25, 0.3) is 0 Å². The molecule has 0 saturated heterocycles. The van der Waals surface area contributed by atoms with Crippen LogP contribution in [-0.2, 0) is 12.8 Å². The van der Waals surface area contributed by atoms with Crippen LogP contribution in [0.5, 0.6) is 5.75 Å². The Balaban J connectivity index is 3.10. The molecule has 0 aliphatic carbocycles. The van der Waals surface area contributed by atoms with Gasteiger partial charge >= 0.3 is 0 Å². The van der Waals surface area contributed by atoms with E-state index in [1.165, 1.54) is 5.56 Å². The fourth-order valence-electron chi connectivity index (χ4n) is 1.48. The molecule has 1 aromatic rings. The third-order valence-electron chi connectivity index (χ3n) is 2.24. The van der Waals surface area contributed by atoms with Crippen LogP contribution in [0.4, 0.5) is 0 Å². The number of hydrogen-bond acceptors (Lipinski definition) is 2. The van der Waals surface area contributed by atoms with E-state index in [2.05, 4.69) is 6.92 Å². The zero-order chi connectivity index (χ0) is 10.6. The Morgan fingerprint density at radius 2 is 2.07 bits per heavy atom. The minimum atomic E-state index is 0.148. The number of rotatable bonds is 4. The Morgan fingerprint density at radius 1 is 1.36 bits per heavy atom. The van der Waals surface area contributed by atoms with E-state index in [0.29, 0.717) is 17.2 Å². The van der Waals surface area contributed by atoms with Crippen molar-refractivity contribution in [1.29, 1.82) is 0 Å². The maximum absolute atomic E-state index is 8.88. The molecule has 1 aromatic carbocycles. The molecule has 0 heterocycles. The summed E-state index contributed by atoms with van der Waals surface area (Å²) in [6, 6.07) is 3.81. The van der Waals surface area contributed by atoms with Crippen molar-refractivity contribution in [2.45, 2.75) is 19.8 Å². The van der Waals surface area contributed by atoms with Gasteiger partial charge in [0.1, 0.15) is 5.75 Å². The summed E-state index contributed by atoms with van der Waals surface area (Å²) in [6.07, 6.45) is 1.57. The average Bonchev–Trinajstić information content (AvgIpc) is 2.19. The molecule has 0 saturated carbocycles. The van der Waals surface area contributed by atoms with Crippen LogP contribution in [0, 0.1) is 0 Å². The number of aliphatic hydroxyl groups is 1. The number of halogens is 1. The van der Waals surface area contributed by atoms with Gasteiger partial charge in [-0.1, -0.05) is 18.5 Å². The summed E-state index contributed by atoms with van der Waals surface area (Å²) in [7, 11) is 1.60. The topological polar surface area (TPSA) is 29.5 Å². The highest BCUT2D eigenvalue weighted by Gasteiger charge is 2.07.